The largest absolute Gasteiger partial charge is 0.359 e. The van der Waals surface area contributed by atoms with Crippen molar-refractivity contribution in [1.29, 1.82) is 0 Å². The molecule has 0 radical (unpaired) electrons. The quantitative estimate of drug-likeness (QED) is 0.859. The molecule has 17 heavy (non-hydrogen) atoms. The average Bonchev–Trinajstić information content (AvgIpc) is 2.94. The van der Waals surface area contributed by atoms with Crippen molar-refractivity contribution in [2.45, 2.75) is 32.7 Å². The normalized spacial score (nSPS) is 14.0. The highest BCUT2D eigenvalue weighted by molar-refractivity contribution is 5.65. The number of nitrogens with zero attached hydrogens (tertiary/aromatic N) is 1. The highest BCUT2D eigenvalue weighted by Gasteiger charge is 2.16. The molecule has 0 fully saturated rings. The number of aromatic nitrogens is 1. The van der Waals surface area contributed by atoms with Gasteiger partial charge in [-0.15, -0.1) is 0 Å². The minimum absolute atomic E-state index is 0.407. The van der Waals surface area contributed by atoms with E-state index in [1.165, 1.54) is 30.4 Å². The Bertz CT molecular complexity index is 557. The van der Waals surface area contributed by atoms with Crippen LogP contribution in [0.25, 0.3) is 11.3 Å². The van der Waals surface area contributed by atoms with E-state index in [-0.39, 0.29) is 0 Å². The molecule has 1 aromatic carbocycles. The van der Waals surface area contributed by atoms with E-state index in [0.29, 0.717) is 6.54 Å². The average molecular weight is 228 g/mol. The molecule has 0 atom stereocenters. The third-order valence-corrected chi connectivity index (χ3v) is 3.58. The Kier molecular flexibility index (Phi) is 2.48. The van der Waals surface area contributed by atoms with E-state index in [4.69, 9.17) is 10.3 Å². The van der Waals surface area contributed by atoms with E-state index in [2.05, 4.69) is 23.4 Å². The molecule has 0 amide bonds. The first-order valence-electron chi connectivity index (χ1n) is 6.07. The molecule has 0 saturated carbocycles. The van der Waals surface area contributed by atoms with Gasteiger partial charge >= 0.3 is 0 Å². The molecule has 3 heteroatoms. The molecule has 0 unspecified atom stereocenters. The number of benzene rings is 1. The second-order valence-electron chi connectivity index (χ2n) is 4.62. The Hall–Kier alpha value is -1.61. The van der Waals surface area contributed by atoms with Gasteiger partial charge in [0, 0.05) is 11.1 Å². The van der Waals surface area contributed by atoms with Gasteiger partial charge in [-0.05, 0) is 43.4 Å². The standard InChI is InChI=1S/C14H16N2O/c1-9-13(8-15)17-16-14(9)12-6-5-10-3-2-4-11(10)7-12/h5-7H,2-4,8,15H2,1H3. The predicted octanol–water partition coefficient (Wildman–Crippen LogP) is 2.60. The molecule has 3 nitrogen and oxygen atoms in total. The molecule has 1 aliphatic carbocycles. The fourth-order valence-corrected chi connectivity index (χ4v) is 2.55. The van der Waals surface area contributed by atoms with Crippen LogP contribution in [0.3, 0.4) is 0 Å². The lowest BCUT2D eigenvalue weighted by molar-refractivity contribution is 0.386. The molecule has 88 valence electrons. The second kappa shape index (κ2) is 4.00. The van der Waals surface area contributed by atoms with Gasteiger partial charge in [-0.1, -0.05) is 17.3 Å². The zero-order chi connectivity index (χ0) is 11.8. The maximum atomic E-state index is 5.60. The summed E-state index contributed by atoms with van der Waals surface area (Å²) in [5, 5.41) is 4.13. The van der Waals surface area contributed by atoms with Crippen molar-refractivity contribution in [3.63, 3.8) is 0 Å². The van der Waals surface area contributed by atoms with Gasteiger partial charge in [0.05, 0.1) is 6.54 Å². The first-order chi connectivity index (χ1) is 8.29. The molecule has 0 spiro atoms. The molecule has 1 aliphatic rings. The Labute approximate surface area is 101 Å². The van der Waals surface area contributed by atoms with Crippen LogP contribution >= 0.6 is 0 Å². The summed E-state index contributed by atoms with van der Waals surface area (Å²) in [6.45, 7) is 2.42. The molecule has 2 aromatic rings. The Balaban J connectivity index is 2.06. The SMILES string of the molecule is Cc1c(-c2ccc3c(c2)CCC3)noc1CN. The fraction of sp³-hybridized carbons (Fsp3) is 0.357. The van der Waals surface area contributed by atoms with Gasteiger partial charge in [0.15, 0.2) is 5.76 Å². The summed E-state index contributed by atoms with van der Waals surface area (Å²) in [6, 6.07) is 6.59. The van der Waals surface area contributed by atoms with Crippen molar-refractivity contribution in [3.8, 4) is 11.3 Å². The molecular weight excluding hydrogens is 212 g/mol. The summed E-state index contributed by atoms with van der Waals surface area (Å²) >= 11 is 0. The number of nitrogens with two attached hydrogens (primary N) is 1. The van der Waals surface area contributed by atoms with Crippen LogP contribution in [0.15, 0.2) is 22.7 Å². The van der Waals surface area contributed by atoms with Gasteiger partial charge in [0.1, 0.15) is 5.69 Å². The zero-order valence-electron chi connectivity index (χ0n) is 9.99. The van der Waals surface area contributed by atoms with Gasteiger partial charge in [-0.3, -0.25) is 0 Å². The van der Waals surface area contributed by atoms with Gasteiger partial charge in [0.25, 0.3) is 0 Å². The molecule has 0 aliphatic heterocycles. The summed E-state index contributed by atoms with van der Waals surface area (Å²) in [7, 11) is 0. The van der Waals surface area contributed by atoms with Crippen LogP contribution < -0.4 is 5.73 Å². The summed E-state index contributed by atoms with van der Waals surface area (Å²) in [4.78, 5) is 0. The summed E-state index contributed by atoms with van der Waals surface area (Å²) in [5.74, 6) is 0.778. The predicted molar refractivity (Wildman–Crippen MR) is 66.6 cm³/mol. The smallest absolute Gasteiger partial charge is 0.153 e. The monoisotopic (exact) mass is 228 g/mol. The molecule has 1 heterocycles. The molecule has 1 aromatic heterocycles. The Morgan fingerprint density at radius 3 is 2.88 bits per heavy atom. The van der Waals surface area contributed by atoms with Gasteiger partial charge in [-0.2, -0.15) is 0 Å². The third kappa shape index (κ3) is 1.67. The minimum atomic E-state index is 0.407. The highest BCUT2D eigenvalue weighted by atomic mass is 16.5. The fourth-order valence-electron chi connectivity index (χ4n) is 2.55. The van der Waals surface area contributed by atoms with E-state index in [9.17, 15) is 0 Å². The molecule has 0 bridgehead atoms. The first kappa shape index (κ1) is 10.5. The minimum Gasteiger partial charge on any atom is -0.359 e. The van der Waals surface area contributed by atoms with Gasteiger partial charge < -0.3 is 10.3 Å². The van der Waals surface area contributed by atoms with Crippen LogP contribution in [0, 0.1) is 6.92 Å². The van der Waals surface area contributed by atoms with Crippen molar-refractivity contribution in [2.75, 3.05) is 0 Å². The van der Waals surface area contributed by atoms with Crippen LogP contribution in [0.4, 0.5) is 0 Å². The molecule has 2 N–H and O–H groups in total. The van der Waals surface area contributed by atoms with Crippen molar-refractivity contribution in [1.82, 2.24) is 5.16 Å². The zero-order valence-corrected chi connectivity index (χ0v) is 9.99. The Morgan fingerprint density at radius 1 is 1.29 bits per heavy atom. The number of fused-ring (bicyclic) bond motifs is 1. The van der Waals surface area contributed by atoms with Gasteiger partial charge in [-0.25, -0.2) is 0 Å². The van der Waals surface area contributed by atoms with Gasteiger partial charge in [0.2, 0.25) is 0 Å². The molecular formula is C14H16N2O. The summed E-state index contributed by atoms with van der Waals surface area (Å²) in [6.07, 6.45) is 3.66. The Morgan fingerprint density at radius 2 is 2.12 bits per heavy atom. The number of rotatable bonds is 2. The maximum Gasteiger partial charge on any atom is 0.153 e. The highest BCUT2D eigenvalue weighted by Crippen LogP contribution is 2.30. The van der Waals surface area contributed by atoms with Crippen LogP contribution in [0.5, 0.6) is 0 Å². The van der Waals surface area contributed by atoms with E-state index >= 15 is 0 Å². The van der Waals surface area contributed by atoms with E-state index in [0.717, 1.165) is 22.6 Å². The number of aryl methyl sites for hydroxylation is 2. The van der Waals surface area contributed by atoms with Crippen LogP contribution in [-0.2, 0) is 19.4 Å². The lowest BCUT2D eigenvalue weighted by Crippen LogP contribution is -1.96. The van der Waals surface area contributed by atoms with Crippen molar-refractivity contribution < 1.29 is 4.52 Å². The molecule has 0 saturated heterocycles. The van der Waals surface area contributed by atoms with Crippen LogP contribution in [0.1, 0.15) is 28.9 Å². The van der Waals surface area contributed by atoms with E-state index < -0.39 is 0 Å². The summed E-state index contributed by atoms with van der Waals surface area (Å²) in [5.41, 5.74) is 11.7. The van der Waals surface area contributed by atoms with E-state index in [1.807, 2.05) is 6.92 Å². The third-order valence-electron chi connectivity index (χ3n) is 3.58. The second-order valence-corrected chi connectivity index (χ2v) is 4.62. The lowest BCUT2D eigenvalue weighted by atomic mass is 10.0. The molecule has 3 rings (SSSR count). The van der Waals surface area contributed by atoms with Crippen molar-refractivity contribution >= 4 is 0 Å². The van der Waals surface area contributed by atoms with Crippen molar-refractivity contribution in [2.24, 2.45) is 5.73 Å². The van der Waals surface area contributed by atoms with Crippen LogP contribution in [-0.4, -0.2) is 5.16 Å². The van der Waals surface area contributed by atoms with Crippen LogP contribution in [0.2, 0.25) is 0 Å². The number of hydrogen-bond acceptors (Lipinski definition) is 3. The van der Waals surface area contributed by atoms with Crippen molar-refractivity contribution in [3.05, 3.63) is 40.6 Å². The first-order valence-corrected chi connectivity index (χ1v) is 6.07. The topological polar surface area (TPSA) is 52.0 Å². The lowest BCUT2D eigenvalue weighted by Gasteiger charge is -2.02. The van der Waals surface area contributed by atoms with E-state index in [1.54, 1.807) is 0 Å². The number of hydrogen-bond donors (Lipinski definition) is 1. The maximum absolute atomic E-state index is 5.60. The summed E-state index contributed by atoms with van der Waals surface area (Å²) < 4.78 is 5.24.